The van der Waals surface area contributed by atoms with Crippen LogP contribution in [-0.4, -0.2) is 31.8 Å². The Labute approximate surface area is 63.3 Å². The van der Waals surface area contributed by atoms with Crippen LogP contribution < -0.4 is 0 Å². The summed E-state index contributed by atoms with van der Waals surface area (Å²) in [7, 11) is 5.85. The summed E-state index contributed by atoms with van der Waals surface area (Å²) in [5.74, 6) is 0. The molecule has 58 valence electrons. The van der Waals surface area contributed by atoms with Crippen LogP contribution in [0.3, 0.4) is 0 Å². The zero-order valence-corrected chi connectivity index (χ0v) is 7.47. The predicted octanol–water partition coefficient (Wildman–Crippen LogP) is 1.54. The Hall–Kier alpha value is -0.790. The summed E-state index contributed by atoms with van der Waals surface area (Å²) < 4.78 is 0. The van der Waals surface area contributed by atoms with Gasteiger partial charge in [0.1, 0.15) is 0 Å². The van der Waals surface area contributed by atoms with Crippen LogP contribution in [-0.2, 0) is 0 Å². The van der Waals surface area contributed by atoms with Gasteiger partial charge in [0.2, 0.25) is 0 Å². The van der Waals surface area contributed by atoms with Gasteiger partial charge in [-0.3, -0.25) is 4.99 Å². The fourth-order valence-electron chi connectivity index (χ4n) is 0.496. The van der Waals surface area contributed by atoms with Crippen molar-refractivity contribution < 1.29 is 0 Å². The fourth-order valence-corrected chi connectivity index (χ4v) is 0.496. The maximum absolute atomic E-state index is 4.02. The van der Waals surface area contributed by atoms with Gasteiger partial charge in [0, 0.05) is 32.6 Å². The van der Waals surface area contributed by atoms with E-state index in [9.17, 15) is 0 Å². The van der Waals surface area contributed by atoms with Crippen LogP contribution in [0.15, 0.2) is 16.8 Å². The van der Waals surface area contributed by atoms with Gasteiger partial charge in [0.05, 0.1) is 0 Å². The minimum Gasteiger partial charge on any atom is -0.381 e. The Morgan fingerprint density at radius 1 is 1.30 bits per heavy atom. The summed E-state index contributed by atoms with van der Waals surface area (Å²) >= 11 is 0. The Kier molecular flexibility index (Phi) is 3.77. The van der Waals surface area contributed by atoms with Crippen molar-refractivity contribution >= 4 is 5.71 Å². The Morgan fingerprint density at radius 2 is 1.80 bits per heavy atom. The highest BCUT2D eigenvalue weighted by atomic mass is 15.1. The molecule has 0 heterocycles. The van der Waals surface area contributed by atoms with E-state index in [0.29, 0.717) is 0 Å². The molecule has 0 amide bonds. The predicted molar refractivity (Wildman–Crippen MR) is 46.5 cm³/mol. The molecule has 0 atom stereocenters. The Bertz CT molecular complexity index is 155. The number of aliphatic imine (C=N–C) groups is 1. The topological polar surface area (TPSA) is 15.6 Å². The van der Waals surface area contributed by atoms with Gasteiger partial charge in [-0.15, -0.1) is 0 Å². The van der Waals surface area contributed by atoms with Crippen LogP contribution in [0.2, 0.25) is 0 Å². The molecule has 2 heteroatoms. The van der Waals surface area contributed by atoms with Crippen LogP contribution in [0.5, 0.6) is 0 Å². The zero-order valence-electron chi connectivity index (χ0n) is 7.47. The summed E-state index contributed by atoms with van der Waals surface area (Å²) in [5, 5.41) is 0. The van der Waals surface area contributed by atoms with E-state index in [0.717, 1.165) is 5.71 Å². The third kappa shape index (κ3) is 3.28. The third-order valence-corrected chi connectivity index (χ3v) is 1.48. The molecular formula is C8H16N2. The van der Waals surface area contributed by atoms with E-state index in [2.05, 4.69) is 22.9 Å². The highest BCUT2D eigenvalue weighted by molar-refractivity contribution is 5.93. The molecule has 0 aliphatic rings. The average Bonchev–Trinajstić information content (AvgIpc) is 1.87. The second-order valence-corrected chi connectivity index (χ2v) is 2.55. The van der Waals surface area contributed by atoms with Gasteiger partial charge in [0.15, 0.2) is 0 Å². The fraction of sp³-hybridized carbons (Fsp3) is 0.625. The minimum absolute atomic E-state index is 1.06. The van der Waals surface area contributed by atoms with E-state index < -0.39 is 0 Å². The first-order valence-corrected chi connectivity index (χ1v) is 3.37. The lowest BCUT2D eigenvalue weighted by atomic mass is 10.3. The molecule has 0 aromatic rings. The van der Waals surface area contributed by atoms with Crippen LogP contribution in [0, 0.1) is 0 Å². The van der Waals surface area contributed by atoms with Crippen molar-refractivity contribution in [3.63, 3.8) is 0 Å². The largest absolute Gasteiger partial charge is 0.381 e. The van der Waals surface area contributed by atoms with Crippen molar-refractivity contribution in [3.05, 3.63) is 11.8 Å². The first kappa shape index (κ1) is 9.21. The maximum Gasteiger partial charge on any atom is 0.0331 e. The smallest absolute Gasteiger partial charge is 0.0331 e. The van der Waals surface area contributed by atoms with Crippen LogP contribution in [0.4, 0.5) is 0 Å². The highest BCUT2D eigenvalue weighted by Gasteiger charge is 1.90. The summed E-state index contributed by atoms with van der Waals surface area (Å²) in [6, 6.07) is 0. The van der Waals surface area contributed by atoms with E-state index in [-0.39, 0.29) is 0 Å². The van der Waals surface area contributed by atoms with Crippen molar-refractivity contribution in [1.29, 1.82) is 0 Å². The van der Waals surface area contributed by atoms with Gasteiger partial charge in [-0.2, -0.15) is 0 Å². The second-order valence-electron chi connectivity index (χ2n) is 2.55. The molecule has 0 fully saturated rings. The van der Waals surface area contributed by atoms with E-state index in [1.807, 2.05) is 21.0 Å². The zero-order chi connectivity index (χ0) is 8.15. The quantitative estimate of drug-likeness (QED) is 0.531. The van der Waals surface area contributed by atoms with E-state index in [1.165, 1.54) is 5.70 Å². The molecule has 2 nitrogen and oxygen atoms in total. The van der Waals surface area contributed by atoms with E-state index in [1.54, 1.807) is 7.05 Å². The lowest BCUT2D eigenvalue weighted by molar-refractivity contribution is 0.514. The molecule has 0 saturated carbocycles. The standard InChI is InChI=1S/C8H16N2/c1-7(9-3)6-8(2)10(4)5/h6H,1-5H3/b8-6-,9-7+. The molecule has 0 aliphatic carbocycles. The SMILES string of the molecule is C/N=C(C)/C=C(/C)N(C)C. The van der Waals surface area contributed by atoms with Crippen LogP contribution in [0.1, 0.15) is 13.8 Å². The number of allylic oxidation sites excluding steroid dienone is 2. The van der Waals surface area contributed by atoms with Crippen molar-refractivity contribution in [3.8, 4) is 0 Å². The molecule has 0 saturated heterocycles. The molecule has 0 aromatic heterocycles. The molecule has 0 rings (SSSR count). The van der Waals surface area contributed by atoms with Crippen LogP contribution in [0.25, 0.3) is 0 Å². The molecular weight excluding hydrogens is 124 g/mol. The third-order valence-electron chi connectivity index (χ3n) is 1.48. The average molecular weight is 140 g/mol. The van der Waals surface area contributed by atoms with Gasteiger partial charge < -0.3 is 4.90 Å². The lowest BCUT2D eigenvalue weighted by Crippen LogP contribution is -2.09. The molecule has 0 N–H and O–H groups in total. The number of hydrogen-bond acceptors (Lipinski definition) is 2. The molecule has 0 aromatic carbocycles. The molecule has 10 heavy (non-hydrogen) atoms. The van der Waals surface area contributed by atoms with Crippen molar-refractivity contribution in [2.75, 3.05) is 21.1 Å². The van der Waals surface area contributed by atoms with E-state index >= 15 is 0 Å². The summed E-state index contributed by atoms with van der Waals surface area (Å²) in [4.78, 5) is 6.09. The van der Waals surface area contributed by atoms with Crippen molar-refractivity contribution in [2.24, 2.45) is 4.99 Å². The second kappa shape index (κ2) is 4.09. The molecule has 0 radical (unpaired) electrons. The highest BCUT2D eigenvalue weighted by Crippen LogP contribution is 1.95. The summed E-state index contributed by atoms with van der Waals surface area (Å²) in [5.41, 5.74) is 2.29. The minimum atomic E-state index is 1.06. The van der Waals surface area contributed by atoms with Crippen molar-refractivity contribution in [1.82, 2.24) is 4.90 Å². The lowest BCUT2D eigenvalue weighted by Gasteiger charge is -2.11. The summed E-state index contributed by atoms with van der Waals surface area (Å²) in [6.07, 6.45) is 2.06. The van der Waals surface area contributed by atoms with Gasteiger partial charge in [0.25, 0.3) is 0 Å². The molecule has 0 bridgehead atoms. The maximum atomic E-state index is 4.02. The Balaban J connectivity index is 4.17. The number of hydrogen-bond donors (Lipinski definition) is 0. The van der Waals surface area contributed by atoms with Gasteiger partial charge >= 0.3 is 0 Å². The van der Waals surface area contributed by atoms with Gasteiger partial charge in [-0.05, 0) is 19.9 Å². The van der Waals surface area contributed by atoms with E-state index in [4.69, 9.17) is 0 Å². The first-order chi connectivity index (χ1) is 4.57. The van der Waals surface area contributed by atoms with Gasteiger partial charge in [-0.1, -0.05) is 0 Å². The number of nitrogens with zero attached hydrogens (tertiary/aromatic N) is 2. The normalized spacial score (nSPS) is 13.7. The number of rotatable bonds is 2. The van der Waals surface area contributed by atoms with Crippen molar-refractivity contribution in [2.45, 2.75) is 13.8 Å². The first-order valence-electron chi connectivity index (χ1n) is 3.37. The van der Waals surface area contributed by atoms with Gasteiger partial charge in [-0.25, -0.2) is 0 Å². The molecule has 0 aliphatic heterocycles. The monoisotopic (exact) mass is 140 g/mol. The summed E-state index contributed by atoms with van der Waals surface area (Å²) in [6.45, 7) is 4.06. The Morgan fingerprint density at radius 3 is 2.10 bits per heavy atom. The molecule has 0 spiro atoms. The molecule has 0 unspecified atom stereocenters. The van der Waals surface area contributed by atoms with Crippen LogP contribution >= 0.6 is 0 Å².